The molecule has 0 aromatic rings. The third kappa shape index (κ3) is 2.58. The van der Waals surface area contributed by atoms with Crippen LogP contribution in [0.15, 0.2) is 0 Å². The second-order valence-corrected chi connectivity index (χ2v) is 7.17. The van der Waals surface area contributed by atoms with Crippen molar-refractivity contribution < 1.29 is 0 Å². The Kier molecular flexibility index (Phi) is 4.48. The Balaban J connectivity index is 1.80. The van der Waals surface area contributed by atoms with Gasteiger partial charge in [0.2, 0.25) is 0 Å². The molecule has 1 unspecified atom stereocenters. The molecular formula is C17H32N2. The molecule has 2 nitrogen and oxygen atoms in total. The lowest BCUT2D eigenvalue weighted by molar-refractivity contribution is 0.0202. The Hall–Kier alpha value is -0.0800. The molecule has 1 aliphatic heterocycles. The van der Waals surface area contributed by atoms with Gasteiger partial charge in [-0.25, -0.2) is 0 Å². The Bertz CT molecular complexity index is 271. The van der Waals surface area contributed by atoms with Crippen LogP contribution in [0.5, 0.6) is 0 Å². The fourth-order valence-corrected chi connectivity index (χ4v) is 5.38. The van der Waals surface area contributed by atoms with E-state index in [4.69, 9.17) is 0 Å². The molecule has 0 radical (unpaired) electrons. The Morgan fingerprint density at radius 1 is 0.895 bits per heavy atom. The number of likely N-dealkylation sites (N-methyl/N-ethyl adjacent to an activating group) is 1. The average Bonchev–Trinajstić information content (AvgIpc) is 3.13. The Labute approximate surface area is 119 Å². The van der Waals surface area contributed by atoms with E-state index in [1.807, 2.05) is 0 Å². The molecule has 1 saturated heterocycles. The van der Waals surface area contributed by atoms with E-state index in [9.17, 15) is 0 Å². The molecule has 110 valence electrons. The molecule has 2 aliphatic carbocycles. The molecule has 19 heavy (non-hydrogen) atoms. The lowest BCUT2D eigenvalue weighted by Gasteiger charge is -2.50. The topological polar surface area (TPSA) is 15.3 Å². The molecule has 3 fully saturated rings. The summed E-state index contributed by atoms with van der Waals surface area (Å²) in [6.45, 7) is 2.73. The van der Waals surface area contributed by atoms with E-state index in [-0.39, 0.29) is 0 Å². The van der Waals surface area contributed by atoms with Crippen molar-refractivity contribution in [2.75, 3.05) is 20.1 Å². The summed E-state index contributed by atoms with van der Waals surface area (Å²) >= 11 is 0. The van der Waals surface area contributed by atoms with Gasteiger partial charge in [-0.2, -0.15) is 0 Å². The molecule has 3 rings (SSSR count). The number of rotatable bonds is 4. The predicted octanol–water partition coefficient (Wildman–Crippen LogP) is 3.56. The highest BCUT2D eigenvalue weighted by Gasteiger charge is 2.48. The van der Waals surface area contributed by atoms with Crippen LogP contribution in [-0.2, 0) is 0 Å². The number of likely N-dealkylation sites (tertiary alicyclic amines) is 1. The van der Waals surface area contributed by atoms with Crippen LogP contribution in [0, 0.1) is 5.92 Å². The predicted molar refractivity (Wildman–Crippen MR) is 81.4 cm³/mol. The first-order valence-corrected chi connectivity index (χ1v) is 8.79. The van der Waals surface area contributed by atoms with Gasteiger partial charge in [-0.05, 0) is 64.6 Å². The molecule has 1 atom stereocenters. The van der Waals surface area contributed by atoms with Gasteiger partial charge in [0.1, 0.15) is 0 Å². The van der Waals surface area contributed by atoms with E-state index in [0.29, 0.717) is 5.54 Å². The van der Waals surface area contributed by atoms with Crippen molar-refractivity contribution in [3.63, 3.8) is 0 Å². The van der Waals surface area contributed by atoms with Gasteiger partial charge < -0.3 is 5.32 Å². The molecule has 0 aromatic heterocycles. The molecule has 0 aromatic carbocycles. The van der Waals surface area contributed by atoms with Crippen molar-refractivity contribution in [2.45, 2.75) is 82.2 Å². The lowest BCUT2D eigenvalue weighted by atomic mass is 9.77. The summed E-state index contributed by atoms with van der Waals surface area (Å²) in [5.74, 6) is 0.949. The maximum atomic E-state index is 3.78. The quantitative estimate of drug-likeness (QED) is 0.835. The summed E-state index contributed by atoms with van der Waals surface area (Å²) < 4.78 is 0. The van der Waals surface area contributed by atoms with E-state index in [1.165, 1.54) is 83.7 Å². The zero-order chi connectivity index (χ0) is 13.1. The van der Waals surface area contributed by atoms with Gasteiger partial charge in [-0.15, -0.1) is 0 Å². The first kappa shape index (κ1) is 13.9. The minimum absolute atomic E-state index is 0.518. The number of hydrogen-bond donors (Lipinski definition) is 1. The summed E-state index contributed by atoms with van der Waals surface area (Å²) in [5.41, 5.74) is 0.518. The molecule has 2 heteroatoms. The van der Waals surface area contributed by atoms with Crippen molar-refractivity contribution in [1.29, 1.82) is 0 Å². The van der Waals surface area contributed by atoms with Crippen LogP contribution in [0.2, 0.25) is 0 Å². The van der Waals surface area contributed by atoms with Crippen LogP contribution in [-0.4, -0.2) is 36.6 Å². The van der Waals surface area contributed by atoms with Gasteiger partial charge in [-0.3, -0.25) is 4.90 Å². The second kappa shape index (κ2) is 6.13. The number of piperidine rings is 1. The summed E-state index contributed by atoms with van der Waals surface area (Å²) in [7, 11) is 2.23. The maximum absolute atomic E-state index is 3.78. The summed E-state index contributed by atoms with van der Waals surface area (Å²) in [4.78, 5) is 2.91. The van der Waals surface area contributed by atoms with Crippen molar-refractivity contribution >= 4 is 0 Å². The van der Waals surface area contributed by atoms with Crippen molar-refractivity contribution in [1.82, 2.24) is 10.2 Å². The SMILES string of the molecule is CNC(C1CCCC1)C1(N2CCCCC2)CCCC1. The molecule has 1 N–H and O–H groups in total. The first-order chi connectivity index (χ1) is 9.37. The minimum atomic E-state index is 0.518. The lowest BCUT2D eigenvalue weighted by Crippen LogP contribution is -2.62. The van der Waals surface area contributed by atoms with E-state index < -0.39 is 0 Å². The van der Waals surface area contributed by atoms with Crippen LogP contribution in [0.3, 0.4) is 0 Å². The fourth-order valence-electron chi connectivity index (χ4n) is 5.38. The highest BCUT2D eigenvalue weighted by atomic mass is 15.2. The minimum Gasteiger partial charge on any atom is -0.315 e. The third-order valence-corrected chi connectivity index (χ3v) is 6.22. The zero-order valence-corrected chi connectivity index (χ0v) is 12.8. The van der Waals surface area contributed by atoms with Gasteiger partial charge in [0.05, 0.1) is 0 Å². The first-order valence-electron chi connectivity index (χ1n) is 8.79. The van der Waals surface area contributed by atoms with Gasteiger partial charge in [0.15, 0.2) is 0 Å². The van der Waals surface area contributed by atoms with E-state index in [2.05, 4.69) is 17.3 Å². The van der Waals surface area contributed by atoms with E-state index in [1.54, 1.807) is 0 Å². The molecule has 0 spiro atoms. The van der Waals surface area contributed by atoms with Crippen LogP contribution < -0.4 is 5.32 Å². The van der Waals surface area contributed by atoms with E-state index in [0.717, 1.165) is 12.0 Å². The van der Waals surface area contributed by atoms with Crippen LogP contribution in [0.25, 0.3) is 0 Å². The number of nitrogens with one attached hydrogen (secondary N) is 1. The van der Waals surface area contributed by atoms with Crippen LogP contribution in [0.4, 0.5) is 0 Å². The Morgan fingerprint density at radius 2 is 1.53 bits per heavy atom. The highest BCUT2D eigenvalue weighted by molar-refractivity contribution is 5.06. The van der Waals surface area contributed by atoms with Crippen molar-refractivity contribution in [2.24, 2.45) is 5.92 Å². The van der Waals surface area contributed by atoms with Gasteiger partial charge in [0, 0.05) is 11.6 Å². The van der Waals surface area contributed by atoms with Crippen LogP contribution >= 0.6 is 0 Å². The number of nitrogens with zero attached hydrogens (tertiary/aromatic N) is 1. The summed E-state index contributed by atoms with van der Waals surface area (Å²) in [6, 6.07) is 0.760. The van der Waals surface area contributed by atoms with Gasteiger partial charge in [0.25, 0.3) is 0 Å². The molecule has 0 bridgehead atoms. The maximum Gasteiger partial charge on any atom is 0.0365 e. The largest absolute Gasteiger partial charge is 0.315 e. The summed E-state index contributed by atoms with van der Waals surface area (Å²) in [6.07, 6.45) is 16.0. The monoisotopic (exact) mass is 264 g/mol. The average molecular weight is 264 g/mol. The molecular weight excluding hydrogens is 232 g/mol. The van der Waals surface area contributed by atoms with Gasteiger partial charge >= 0.3 is 0 Å². The highest BCUT2D eigenvalue weighted by Crippen LogP contribution is 2.44. The van der Waals surface area contributed by atoms with Gasteiger partial charge in [-0.1, -0.05) is 32.1 Å². The zero-order valence-electron chi connectivity index (χ0n) is 12.8. The van der Waals surface area contributed by atoms with Crippen molar-refractivity contribution in [3.8, 4) is 0 Å². The Morgan fingerprint density at radius 3 is 2.11 bits per heavy atom. The smallest absolute Gasteiger partial charge is 0.0365 e. The molecule has 0 amide bonds. The second-order valence-electron chi connectivity index (χ2n) is 7.17. The van der Waals surface area contributed by atoms with E-state index >= 15 is 0 Å². The molecule has 3 aliphatic rings. The fraction of sp³-hybridized carbons (Fsp3) is 1.00. The number of hydrogen-bond acceptors (Lipinski definition) is 2. The van der Waals surface area contributed by atoms with Crippen LogP contribution in [0.1, 0.15) is 70.6 Å². The molecule has 2 saturated carbocycles. The summed E-state index contributed by atoms with van der Waals surface area (Å²) in [5, 5.41) is 3.78. The standard InChI is InChI=1S/C17H32N2/c1-18-16(15-9-3-4-10-15)17(11-5-6-12-17)19-13-7-2-8-14-19/h15-16,18H,2-14H2,1H3. The normalized spacial score (nSPS) is 30.8. The van der Waals surface area contributed by atoms with Crippen molar-refractivity contribution in [3.05, 3.63) is 0 Å². The molecule has 1 heterocycles. The third-order valence-electron chi connectivity index (χ3n) is 6.22.